The fourth-order valence-corrected chi connectivity index (χ4v) is 3.13. The third-order valence-corrected chi connectivity index (χ3v) is 4.51. The molecule has 3 unspecified atom stereocenters. The molecule has 0 aromatic heterocycles. The van der Waals surface area contributed by atoms with Gasteiger partial charge >= 0.3 is 0 Å². The molecule has 1 fully saturated rings. The smallest absolute Gasteiger partial charge is 0.238 e. The Morgan fingerprint density at radius 2 is 2.14 bits per heavy atom. The number of hydrogen-bond acceptors (Lipinski definition) is 5. The van der Waals surface area contributed by atoms with Crippen molar-refractivity contribution in [3.8, 4) is 0 Å². The van der Waals surface area contributed by atoms with Gasteiger partial charge in [0.15, 0.2) is 8.38 Å². The molecule has 0 aromatic carbocycles. The molecule has 0 bridgehead atoms. The van der Waals surface area contributed by atoms with Crippen LogP contribution in [0.2, 0.25) is 0 Å². The van der Waals surface area contributed by atoms with Gasteiger partial charge in [0.05, 0.1) is 18.8 Å². The second-order valence-electron chi connectivity index (χ2n) is 5.12. The Kier molecular flexibility index (Phi) is 9.50. The molecule has 1 heterocycles. The van der Waals surface area contributed by atoms with Gasteiger partial charge in [-0.05, 0) is 13.3 Å². The average molecular weight is 329 g/mol. The largest absolute Gasteiger partial charge is 0.379 e. The van der Waals surface area contributed by atoms with Crippen molar-refractivity contribution in [2.24, 2.45) is 0 Å². The fraction of sp³-hybridized carbons (Fsp3) is 0.929. The van der Waals surface area contributed by atoms with Gasteiger partial charge in [0.25, 0.3) is 0 Å². The van der Waals surface area contributed by atoms with Crippen LogP contribution in [0.1, 0.15) is 20.3 Å². The summed E-state index contributed by atoms with van der Waals surface area (Å²) < 4.78 is 28.2. The highest BCUT2D eigenvalue weighted by Gasteiger charge is 2.44. The zero-order valence-corrected chi connectivity index (χ0v) is 14.6. The van der Waals surface area contributed by atoms with Crippen LogP contribution < -0.4 is 0 Å². The predicted octanol–water partition coefficient (Wildman–Crippen LogP) is 1.97. The third-order valence-electron chi connectivity index (χ3n) is 3.42. The van der Waals surface area contributed by atoms with E-state index in [0.717, 1.165) is 6.42 Å². The van der Waals surface area contributed by atoms with E-state index in [2.05, 4.69) is 4.85 Å². The molecule has 0 aliphatic carbocycles. The van der Waals surface area contributed by atoms with Gasteiger partial charge in [-0.15, -0.1) is 0 Å². The third kappa shape index (κ3) is 6.12. The molecule has 1 aliphatic heterocycles. The number of ether oxygens (including phenoxy) is 3. The van der Waals surface area contributed by atoms with E-state index in [-0.39, 0.29) is 24.4 Å². The lowest BCUT2D eigenvalue weighted by molar-refractivity contribution is -0.0538. The molecule has 0 aromatic rings. The van der Waals surface area contributed by atoms with E-state index in [1.54, 1.807) is 7.11 Å². The molecule has 6 nitrogen and oxygen atoms in total. The van der Waals surface area contributed by atoms with Crippen molar-refractivity contribution < 1.29 is 23.3 Å². The first kappa shape index (κ1) is 19.8. The van der Waals surface area contributed by atoms with Crippen molar-refractivity contribution in [3.05, 3.63) is 11.4 Å². The van der Waals surface area contributed by atoms with E-state index in [1.807, 2.05) is 20.5 Å². The predicted molar refractivity (Wildman–Crippen MR) is 86.1 cm³/mol. The Hall–Kier alpha value is -0.215. The second kappa shape index (κ2) is 10.5. The van der Waals surface area contributed by atoms with Crippen LogP contribution in [0.3, 0.4) is 0 Å². The van der Waals surface area contributed by atoms with Gasteiger partial charge < -0.3 is 28.1 Å². The topological polar surface area (TPSA) is 50.5 Å². The maximum absolute atomic E-state index is 6.75. The van der Waals surface area contributed by atoms with Gasteiger partial charge in [0, 0.05) is 19.8 Å². The maximum atomic E-state index is 6.75. The van der Waals surface area contributed by atoms with Crippen molar-refractivity contribution in [1.82, 2.24) is 0 Å². The number of rotatable bonds is 10. The summed E-state index contributed by atoms with van der Waals surface area (Å²) in [6, 6.07) is -0.523. The Morgan fingerprint density at radius 3 is 2.73 bits per heavy atom. The van der Waals surface area contributed by atoms with E-state index >= 15 is 0 Å². The molecule has 6 atom stereocenters. The quantitative estimate of drug-likeness (QED) is 0.265. The molecule has 1 saturated heterocycles. The summed E-state index contributed by atoms with van der Waals surface area (Å²) in [6.07, 6.45) is 0.0208. The van der Waals surface area contributed by atoms with Crippen LogP contribution in [-0.2, 0) is 23.3 Å². The van der Waals surface area contributed by atoms with E-state index in [9.17, 15) is 0 Å². The number of hydrogen-bond donors (Lipinski definition) is 0. The Balaban J connectivity index is 2.57. The molecule has 22 heavy (non-hydrogen) atoms. The summed E-state index contributed by atoms with van der Waals surface area (Å²) in [7, 11) is 6.56. The Bertz CT molecular complexity index is 357. The highest BCUT2D eigenvalue weighted by Crippen LogP contribution is 2.40. The van der Waals surface area contributed by atoms with Crippen molar-refractivity contribution in [2.45, 2.75) is 50.7 Å². The van der Waals surface area contributed by atoms with Gasteiger partial charge in [-0.3, -0.25) is 0 Å². The first-order valence-electron chi connectivity index (χ1n) is 7.45. The molecule has 0 saturated carbocycles. The molecular formula is C14H25BNO5P. The minimum absolute atomic E-state index is 0.0217. The van der Waals surface area contributed by atoms with E-state index in [4.69, 9.17) is 37.7 Å². The van der Waals surface area contributed by atoms with E-state index in [0.29, 0.717) is 19.8 Å². The van der Waals surface area contributed by atoms with Crippen molar-refractivity contribution in [3.63, 3.8) is 0 Å². The minimum atomic E-state index is -1.10. The maximum Gasteiger partial charge on any atom is 0.238 e. The Morgan fingerprint density at radius 1 is 1.41 bits per heavy atom. The van der Waals surface area contributed by atoms with Crippen LogP contribution in [-0.4, -0.2) is 71.8 Å². The number of nitrogens with zero attached hydrogens (tertiary/aromatic N) is 1. The normalized spacial score (nSPS) is 30.9. The Labute approximate surface area is 135 Å². The first-order chi connectivity index (χ1) is 10.5. The molecule has 0 N–H and O–H groups in total. The second-order valence-corrected chi connectivity index (χ2v) is 6.46. The van der Waals surface area contributed by atoms with E-state index < -0.39 is 14.4 Å². The first-order valence-corrected chi connectivity index (χ1v) is 9.08. The summed E-state index contributed by atoms with van der Waals surface area (Å²) in [5, 5.41) is 0. The summed E-state index contributed by atoms with van der Waals surface area (Å²) >= 11 is 0. The summed E-state index contributed by atoms with van der Waals surface area (Å²) in [4.78, 5) is 3.25. The van der Waals surface area contributed by atoms with Gasteiger partial charge in [0.1, 0.15) is 26.7 Å². The molecule has 124 valence electrons. The number of methoxy groups -OCH3 is 1. The molecule has 8 heteroatoms. The summed E-state index contributed by atoms with van der Waals surface area (Å²) in [6.45, 7) is 13.7. The van der Waals surface area contributed by atoms with Crippen molar-refractivity contribution in [1.29, 1.82) is 0 Å². The van der Waals surface area contributed by atoms with Crippen LogP contribution in [0.4, 0.5) is 0 Å². The zero-order chi connectivity index (χ0) is 16.5. The highest BCUT2D eigenvalue weighted by molar-refractivity contribution is 7.46. The summed E-state index contributed by atoms with van der Waals surface area (Å²) in [5.74, 6) is 0. The van der Waals surface area contributed by atoms with Crippen LogP contribution in [0, 0.1) is 6.57 Å². The molecule has 1 aliphatic rings. The molecule has 0 spiro atoms. The van der Waals surface area contributed by atoms with E-state index in [1.165, 1.54) is 0 Å². The standard InChI is InChI=1S/C14H25BNO5P/c1-6-11-12(21-22(5)19-8-7-16-3)13(14(15)20-11)18-9-10(2)17-4/h10-14H,6-9H2,1-2,4-5H3/t10?,11-,12+,13?,14-,22?/m1/s1. The van der Waals surface area contributed by atoms with Gasteiger partial charge in [-0.2, -0.15) is 0 Å². The van der Waals surface area contributed by atoms with Crippen LogP contribution in [0.25, 0.3) is 4.85 Å². The molecular weight excluding hydrogens is 304 g/mol. The van der Waals surface area contributed by atoms with Crippen molar-refractivity contribution in [2.75, 3.05) is 33.5 Å². The van der Waals surface area contributed by atoms with Crippen LogP contribution in [0.5, 0.6) is 0 Å². The van der Waals surface area contributed by atoms with Gasteiger partial charge in [-0.25, -0.2) is 6.57 Å². The molecule has 0 amide bonds. The molecule has 1 rings (SSSR count). The van der Waals surface area contributed by atoms with Crippen molar-refractivity contribution >= 4 is 16.2 Å². The lowest BCUT2D eigenvalue weighted by Crippen LogP contribution is -2.38. The lowest BCUT2D eigenvalue weighted by Gasteiger charge is -2.27. The van der Waals surface area contributed by atoms with Crippen LogP contribution >= 0.6 is 8.38 Å². The fourth-order valence-electron chi connectivity index (χ4n) is 2.13. The lowest BCUT2D eigenvalue weighted by atomic mass is 9.92. The monoisotopic (exact) mass is 329 g/mol. The average Bonchev–Trinajstić information content (AvgIpc) is 2.80. The highest BCUT2D eigenvalue weighted by atomic mass is 31.2. The SMILES string of the molecule is [B][C@@H]1O[C@H](CC)[C@H](OP(C)OCC[N+]#[C-])C1OCC(C)OC. The summed E-state index contributed by atoms with van der Waals surface area (Å²) in [5.41, 5.74) is 0. The zero-order valence-electron chi connectivity index (χ0n) is 13.7. The van der Waals surface area contributed by atoms with Gasteiger partial charge in [0.2, 0.25) is 6.54 Å². The molecule has 2 radical (unpaired) electrons. The van der Waals surface area contributed by atoms with Crippen LogP contribution in [0.15, 0.2) is 0 Å². The van der Waals surface area contributed by atoms with Gasteiger partial charge in [-0.1, -0.05) is 6.92 Å². The minimum Gasteiger partial charge on any atom is -0.379 e.